The van der Waals surface area contributed by atoms with Crippen molar-refractivity contribution in [3.8, 4) is 0 Å². The first-order valence-electron chi connectivity index (χ1n) is 10.7. The van der Waals surface area contributed by atoms with E-state index in [9.17, 15) is 19.7 Å². The first-order chi connectivity index (χ1) is 14.4. The van der Waals surface area contributed by atoms with Gasteiger partial charge in [0.25, 0.3) is 5.69 Å². The van der Waals surface area contributed by atoms with Gasteiger partial charge in [0, 0.05) is 42.5 Å². The van der Waals surface area contributed by atoms with Gasteiger partial charge >= 0.3 is 6.03 Å². The normalized spacial score (nSPS) is 18.6. The molecule has 1 saturated carbocycles. The third-order valence-electron chi connectivity index (χ3n) is 5.92. The predicted octanol–water partition coefficient (Wildman–Crippen LogP) is 2.94. The summed E-state index contributed by atoms with van der Waals surface area (Å²) in [5, 5.41) is 19.9. The van der Waals surface area contributed by atoms with Gasteiger partial charge in [-0.15, -0.1) is 0 Å². The number of urea groups is 1. The smallest absolute Gasteiger partial charge is 0.315 e. The van der Waals surface area contributed by atoms with Gasteiger partial charge in [0.15, 0.2) is 0 Å². The van der Waals surface area contributed by atoms with Crippen molar-refractivity contribution < 1.29 is 14.5 Å². The number of carbonyl (C=O) groups excluding carboxylic acids is 2. The number of nitro benzene ring substituents is 1. The van der Waals surface area contributed by atoms with Crippen molar-refractivity contribution in [2.24, 2.45) is 0 Å². The summed E-state index contributed by atoms with van der Waals surface area (Å²) in [4.78, 5) is 37.1. The van der Waals surface area contributed by atoms with E-state index in [1.54, 1.807) is 19.1 Å². The first kappa shape index (κ1) is 22.0. The van der Waals surface area contributed by atoms with E-state index in [-0.39, 0.29) is 30.2 Å². The number of amides is 3. The maximum absolute atomic E-state index is 12.3. The Hall–Kier alpha value is -2.68. The highest BCUT2D eigenvalue weighted by Crippen LogP contribution is 2.22. The lowest BCUT2D eigenvalue weighted by atomic mass is 9.96. The van der Waals surface area contributed by atoms with Crippen LogP contribution in [-0.2, 0) is 4.79 Å². The number of benzene rings is 1. The molecule has 0 aromatic heterocycles. The van der Waals surface area contributed by atoms with Gasteiger partial charge in [-0.25, -0.2) is 4.79 Å². The van der Waals surface area contributed by atoms with Crippen LogP contribution in [0.4, 0.5) is 16.2 Å². The summed E-state index contributed by atoms with van der Waals surface area (Å²) in [5.74, 6) is -0.199. The number of anilines is 1. The van der Waals surface area contributed by atoms with Crippen LogP contribution in [0.3, 0.4) is 0 Å². The summed E-state index contributed by atoms with van der Waals surface area (Å²) in [6, 6.07) is 5.01. The Kier molecular flexibility index (Phi) is 7.62. The Balaban J connectivity index is 1.39. The average Bonchev–Trinajstić information content (AvgIpc) is 2.71. The molecule has 2 aliphatic rings. The number of carbonyl (C=O) groups is 2. The number of aryl methyl sites for hydroxylation is 1. The second-order valence-electron chi connectivity index (χ2n) is 8.31. The number of rotatable bonds is 6. The van der Waals surface area contributed by atoms with E-state index in [0.29, 0.717) is 17.3 Å². The summed E-state index contributed by atoms with van der Waals surface area (Å²) in [6.07, 6.45) is 7.33. The van der Waals surface area contributed by atoms with E-state index in [1.165, 1.54) is 25.3 Å². The largest absolute Gasteiger partial charge is 0.335 e. The standard InChI is InChI=1S/C21H31N5O4/c1-15-7-8-18(13-19(15)26(29)30)22-20(27)14-25-11-9-17(10-12-25)24-21(28)23-16-5-3-2-4-6-16/h7-8,13,16-17H,2-6,9-12,14H2,1H3,(H,22,27)(H2,23,24,28). The Bertz CT molecular complexity index is 771. The monoisotopic (exact) mass is 417 g/mol. The fraction of sp³-hybridized carbons (Fsp3) is 0.619. The molecule has 1 aliphatic heterocycles. The molecule has 9 nitrogen and oxygen atoms in total. The van der Waals surface area contributed by atoms with Gasteiger partial charge in [0.05, 0.1) is 11.5 Å². The molecule has 0 unspecified atom stereocenters. The van der Waals surface area contributed by atoms with Crippen LogP contribution in [0.1, 0.15) is 50.5 Å². The Morgan fingerprint density at radius 2 is 1.70 bits per heavy atom. The maximum Gasteiger partial charge on any atom is 0.315 e. The summed E-state index contributed by atoms with van der Waals surface area (Å²) < 4.78 is 0. The van der Waals surface area contributed by atoms with Crippen LogP contribution in [-0.4, -0.2) is 53.5 Å². The van der Waals surface area contributed by atoms with Crippen molar-refractivity contribution in [1.29, 1.82) is 0 Å². The van der Waals surface area contributed by atoms with Gasteiger partial charge in [-0.2, -0.15) is 0 Å². The lowest BCUT2D eigenvalue weighted by Crippen LogP contribution is -2.51. The van der Waals surface area contributed by atoms with Gasteiger partial charge in [-0.1, -0.05) is 25.3 Å². The average molecular weight is 418 g/mol. The van der Waals surface area contributed by atoms with Crippen molar-refractivity contribution in [3.05, 3.63) is 33.9 Å². The molecule has 1 heterocycles. The third kappa shape index (κ3) is 6.41. The second-order valence-corrected chi connectivity index (χ2v) is 8.31. The van der Waals surface area contributed by atoms with Gasteiger partial charge in [-0.05, 0) is 38.7 Å². The number of hydrogen-bond donors (Lipinski definition) is 3. The molecule has 2 fully saturated rings. The Labute approximate surface area is 176 Å². The highest BCUT2D eigenvalue weighted by Gasteiger charge is 2.23. The molecule has 0 spiro atoms. The van der Waals surface area contributed by atoms with Crippen molar-refractivity contribution >= 4 is 23.3 Å². The van der Waals surface area contributed by atoms with Crippen LogP contribution in [0.25, 0.3) is 0 Å². The number of hydrogen-bond acceptors (Lipinski definition) is 5. The highest BCUT2D eigenvalue weighted by atomic mass is 16.6. The predicted molar refractivity (Wildman–Crippen MR) is 114 cm³/mol. The molecule has 1 aliphatic carbocycles. The number of piperidine rings is 1. The lowest BCUT2D eigenvalue weighted by Gasteiger charge is -2.32. The van der Waals surface area contributed by atoms with Gasteiger partial charge in [0.2, 0.25) is 5.91 Å². The van der Waals surface area contributed by atoms with Crippen molar-refractivity contribution in [1.82, 2.24) is 15.5 Å². The van der Waals surface area contributed by atoms with E-state index < -0.39 is 4.92 Å². The van der Waals surface area contributed by atoms with E-state index in [4.69, 9.17) is 0 Å². The highest BCUT2D eigenvalue weighted by molar-refractivity contribution is 5.92. The fourth-order valence-corrected chi connectivity index (χ4v) is 4.18. The molecule has 3 rings (SSSR count). The zero-order chi connectivity index (χ0) is 21.5. The molecule has 9 heteroatoms. The minimum absolute atomic E-state index is 0.00816. The third-order valence-corrected chi connectivity index (χ3v) is 5.92. The van der Waals surface area contributed by atoms with E-state index >= 15 is 0 Å². The minimum atomic E-state index is -0.451. The Morgan fingerprint density at radius 3 is 2.33 bits per heavy atom. The first-order valence-corrected chi connectivity index (χ1v) is 10.7. The van der Waals surface area contributed by atoms with Gasteiger partial charge in [-0.3, -0.25) is 19.8 Å². The molecule has 0 bridgehead atoms. The van der Waals surface area contributed by atoms with Crippen LogP contribution in [0.15, 0.2) is 18.2 Å². The van der Waals surface area contributed by atoms with Crippen LogP contribution < -0.4 is 16.0 Å². The molecular formula is C21H31N5O4. The molecule has 0 atom stereocenters. The van der Waals surface area contributed by atoms with Crippen LogP contribution in [0.5, 0.6) is 0 Å². The maximum atomic E-state index is 12.3. The molecule has 0 radical (unpaired) electrons. The topological polar surface area (TPSA) is 117 Å². The molecule has 1 aromatic rings. The minimum Gasteiger partial charge on any atom is -0.335 e. The summed E-state index contributed by atoms with van der Waals surface area (Å²) in [6.45, 7) is 3.33. The second kappa shape index (κ2) is 10.4. The van der Waals surface area contributed by atoms with E-state index in [0.717, 1.165) is 38.8 Å². The van der Waals surface area contributed by atoms with Crippen molar-refractivity contribution in [2.75, 3.05) is 25.0 Å². The SMILES string of the molecule is Cc1ccc(NC(=O)CN2CCC(NC(=O)NC3CCCCC3)CC2)cc1[N+](=O)[O-]. The quantitative estimate of drug-likeness (QED) is 0.486. The van der Waals surface area contributed by atoms with Gasteiger partial charge < -0.3 is 16.0 Å². The van der Waals surface area contributed by atoms with E-state index in [1.807, 2.05) is 4.90 Å². The number of likely N-dealkylation sites (tertiary alicyclic amines) is 1. The van der Waals surface area contributed by atoms with Crippen LogP contribution in [0.2, 0.25) is 0 Å². The summed E-state index contributed by atoms with van der Waals surface area (Å²) in [7, 11) is 0. The summed E-state index contributed by atoms with van der Waals surface area (Å²) in [5.41, 5.74) is 0.972. The zero-order valence-corrected chi connectivity index (χ0v) is 17.5. The zero-order valence-electron chi connectivity index (χ0n) is 17.5. The Morgan fingerprint density at radius 1 is 1.07 bits per heavy atom. The number of nitrogens with one attached hydrogen (secondary N) is 3. The molecule has 3 amide bonds. The molecular weight excluding hydrogens is 386 g/mol. The van der Waals surface area contributed by atoms with Crippen molar-refractivity contribution in [2.45, 2.75) is 64.0 Å². The number of nitrogens with zero attached hydrogens (tertiary/aromatic N) is 2. The molecule has 3 N–H and O–H groups in total. The van der Waals surface area contributed by atoms with Crippen LogP contribution in [0, 0.1) is 17.0 Å². The molecule has 1 aromatic carbocycles. The molecule has 30 heavy (non-hydrogen) atoms. The van der Waals surface area contributed by atoms with E-state index in [2.05, 4.69) is 16.0 Å². The fourth-order valence-electron chi connectivity index (χ4n) is 4.18. The molecule has 1 saturated heterocycles. The molecule has 164 valence electrons. The summed E-state index contributed by atoms with van der Waals surface area (Å²) >= 11 is 0. The van der Waals surface area contributed by atoms with Crippen LogP contribution >= 0.6 is 0 Å². The van der Waals surface area contributed by atoms with Crippen molar-refractivity contribution in [3.63, 3.8) is 0 Å². The number of nitro groups is 1. The van der Waals surface area contributed by atoms with Gasteiger partial charge in [0.1, 0.15) is 0 Å². The lowest BCUT2D eigenvalue weighted by molar-refractivity contribution is -0.385.